The van der Waals surface area contributed by atoms with Gasteiger partial charge in [-0.3, -0.25) is 0 Å². The molecule has 168 valence electrons. The second-order valence-corrected chi connectivity index (χ2v) is 7.92. The third-order valence-electron chi connectivity index (χ3n) is 4.57. The van der Waals surface area contributed by atoms with Crippen molar-refractivity contribution in [2.75, 3.05) is 20.2 Å². The number of rotatable bonds is 4. The Labute approximate surface area is 172 Å². The number of esters is 1. The maximum absolute atomic E-state index is 14.6. The van der Waals surface area contributed by atoms with Crippen molar-refractivity contribution in [3.63, 3.8) is 0 Å². The van der Waals surface area contributed by atoms with Crippen molar-refractivity contribution in [3.05, 3.63) is 35.9 Å². The molecule has 1 saturated heterocycles. The molecule has 2 rings (SSSR count). The molecular formula is C20H25F4NO5. The third-order valence-corrected chi connectivity index (χ3v) is 4.57. The van der Waals surface area contributed by atoms with Crippen LogP contribution in [-0.4, -0.2) is 61.2 Å². The summed E-state index contributed by atoms with van der Waals surface area (Å²) in [6.07, 6.45) is -9.42. The number of amides is 1. The normalized spacial score (nSPS) is 22.2. The highest BCUT2D eigenvalue weighted by atomic mass is 19.4. The molecule has 1 aromatic carbocycles. The molecule has 0 aromatic heterocycles. The number of benzene rings is 1. The zero-order chi connectivity index (χ0) is 22.7. The molecule has 1 amide bonds. The van der Waals surface area contributed by atoms with Gasteiger partial charge in [-0.05, 0) is 20.8 Å². The van der Waals surface area contributed by atoms with Gasteiger partial charge in [0.1, 0.15) is 11.7 Å². The molecule has 0 unspecified atom stereocenters. The van der Waals surface area contributed by atoms with Gasteiger partial charge < -0.3 is 19.1 Å². The number of ether oxygens (including phenoxy) is 3. The first-order valence-corrected chi connectivity index (χ1v) is 9.32. The van der Waals surface area contributed by atoms with Crippen molar-refractivity contribution in [1.29, 1.82) is 0 Å². The zero-order valence-electron chi connectivity index (χ0n) is 17.2. The van der Waals surface area contributed by atoms with Crippen LogP contribution >= 0.6 is 0 Å². The second kappa shape index (κ2) is 8.79. The fraction of sp³-hybridized carbons (Fsp3) is 0.600. The number of halogens is 4. The first-order chi connectivity index (χ1) is 13.8. The molecule has 1 aliphatic rings. The maximum Gasteiger partial charge on any atom is 0.432 e. The summed E-state index contributed by atoms with van der Waals surface area (Å²) in [5, 5.41) is 0. The molecule has 0 bridgehead atoms. The molecule has 0 N–H and O–H groups in total. The minimum Gasteiger partial charge on any atom is -0.456 e. The number of hydrogen-bond donors (Lipinski definition) is 0. The van der Waals surface area contributed by atoms with Crippen molar-refractivity contribution in [2.45, 2.75) is 56.8 Å². The SMILES string of the molecule is CO[C@](C(=O)O[C@H]1CCN(C(=O)OC(C)(C)C)C[C@@H]1F)(c1ccccc1)C(F)(F)F. The molecule has 0 radical (unpaired) electrons. The summed E-state index contributed by atoms with van der Waals surface area (Å²) in [5.74, 6) is -1.76. The standard InChI is InChI=1S/C20H25F4NO5/c1-18(2,3)30-17(27)25-11-10-15(14(21)12-25)29-16(26)19(28-4,20(22,23)24)13-8-6-5-7-9-13/h5-9,14-15H,10-12H2,1-4H3/t14-,15-,19-/m0/s1. The predicted molar refractivity (Wildman–Crippen MR) is 98.4 cm³/mol. The summed E-state index contributed by atoms with van der Waals surface area (Å²) in [7, 11) is 0.736. The molecule has 1 aromatic rings. The van der Waals surface area contributed by atoms with Crippen LogP contribution in [-0.2, 0) is 24.6 Å². The monoisotopic (exact) mass is 435 g/mol. The van der Waals surface area contributed by atoms with Crippen LogP contribution in [0.2, 0.25) is 0 Å². The van der Waals surface area contributed by atoms with Gasteiger partial charge in [-0.15, -0.1) is 0 Å². The second-order valence-electron chi connectivity index (χ2n) is 7.92. The summed E-state index contributed by atoms with van der Waals surface area (Å²) in [6, 6.07) is 6.28. The topological polar surface area (TPSA) is 65.1 Å². The van der Waals surface area contributed by atoms with Crippen LogP contribution < -0.4 is 0 Å². The van der Waals surface area contributed by atoms with E-state index in [-0.39, 0.29) is 13.0 Å². The molecule has 1 fully saturated rings. The quantitative estimate of drug-likeness (QED) is 0.529. The molecule has 10 heteroatoms. The summed E-state index contributed by atoms with van der Waals surface area (Å²) in [5.41, 5.74) is -4.66. The Kier molecular flexibility index (Phi) is 7.01. The molecule has 0 spiro atoms. The van der Waals surface area contributed by atoms with Gasteiger partial charge in [0.15, 0.2) is 6.17 Å². The Balaban J connectivity index is 2.17. The molecule has 30 heavy (non-hydrogen) atoms. The number of methoxy groups -OCH3 is 1. The predicted octanol–water partition coefficient (Wildman–Crippen LogP) is 3.98. The van der Waals surface area contributed by atoms with Gasteiger partial charge in [0.05, 0.1) is 6.54 Å². The van der Waals surface area contributed by atoms with E-state index in [2.05, 4.69) is 4.74 Å². The highest BCUT2D eigenvalue weighted by Crippen LogP contribution is 2.43. The van der Waals surface area contributed by atoms with Gasteiger partial charge in [0, 0.05) is 25.6 Å². The first-order valence-electron chi connectivity index (χ1n) is 9.32. The Bertz CT molecular complexity index is 750. The lowest BCUT2D eigenvalue weighted by Crippen LogP contribution is -2.55. The number of carbonyl (C=O) groups is 2. The molecule has 6 nitrogen and oxygen atoms in total. The van der Waals surface area contributed by atoms with Crippen LogP contribution in [0.4, 0.5) is 22.4 Å². The smallest absolute Gasteiger partial charge is 0.432 e. The van der Waals surface area contributed by atoms with Crippen molar-refractivity contribution in [3.8, 4) is 0 Å². The Morgan fingerprint density at radius 3 is 2.17 bits per heavy atom. The fourth-order valence-corrected chi connectivity index (χ4v) is 3.12. The summed E-state index contributed by atoms with van der Waals surface area (Å²) in [4.78, 5) is 25.8. The van der Waals surface area contributed by atoms with Gasteiger partial charge >= 0.3 is 18.2 Å². The number of alkyl halides is 4. The van der Waals surface area contributed by atoms with E-state index in [1.54, 1.807) is 20.8 Å². The molecule has 3 atom stereocenters. The van der Waals surface area contributed by atoms with Crippen LogP contribution in [0.1, 0.15) is 32.8 Å². The minimum absolute atomic E-state index is 0.0371. The lowest BCUT2D eigenvalue weighted by atomic mass is 9.92. The van der Waals surface area contributed by atoms with E-state index in [9.17, 15) is 27.2 Å². The highest BCUT2D eigenvalue weighted by Gasteiger charge is 2.64. The van der Waals surface area contributed by atoms with Crippen LogP contribution in [0.5, 0.6) is 0 Å². The minimum atomic E-state index is -5.15. The summed E-state index contributed by atoms with van der Waals surface area (Å²) < 4.78 is 71.0. The van der Waals surface area contributed by atoms with Crippen molar-refractivity contribution < 1.29 is 41.4 Å². The fourth-order valence-electron chi connectivity index (χ4n) is 3.12. The van der Waals surface area contributed by atoms with E-state index in [1.807, 2.05) is 0 Å². The third kappa shape index (κ3) is 5.03. The van der Waals surface area contributed by atoms with E-state index in [1.165, 1.54) is 18.2 Å². The Hall–Kier alpha value is -2.36. The van der Waals surface area contributed by atoms with Crippen molar-refractivity contribution in [1.82, 2.24) is 4.90 Å². The van der Waals surface area contributed by atoms with Crippen LogP contribution in [0.15, 0.2) is 30.3 Å². The lowest BCUT2D eigenvalue weighted by Gasteiger charge is -2.38. The summed E-state index contributed by atoms with van der Waals surface area (Å²) >= 11 is 0. The van der Waals surface area contributed by atoms with Crippen molar-refractivity contribution >= 4 is 12.1 Å². The van der Waals surface area contributed by atoms with E-state index in [0.717, 1.165) is 24.1 Å². The van der Waals surface area contributed by atoms with Gasteiger partial charge in [-0.25, -0.2) is 14.0 Å². The van der Waals surface area contributed by atoms with Gasteiger partial charge in [0.2, 0.25) is 0 Å². The number of likely N-dealkylation sites (tertiary alicyclic amines) is 1. The Morgan fingerprint density at radius 1 is 1.10 bits per heavy atom. The van der Waals surface area contributed by atoms with Crippen LogP contribution in [0.25, 0.3) is 0 Å². The van der Waals surface area contributed by atoms with Gasteiger partial charge in [-0.2, -0.15) is 13.2 Å². The van der Waals surface area contributed by atoms with Crippen molar-refractivity contribution in [2.24, 2.45) is 0 Å². The Morgan fingerprint density at radius 2 is 1.70 bits per heavy atom. The zero-order valence-corrected chi connectivity index (χ0v) is 17.2. The molecule has 1 aliphatic heterocycles. The number of hydrogen-bond acceptors (Lipinski definition) is 5. The average Bonchev–Trinajstić information content (AvgIpc) is 2.62. The molecule has 1 heterocycles. The molecular weight excluding hydrogens is 410 g/mol. The van der Waals surface area contributed by atoms with Crippen LogP contribution in [0.3, 0.4) is 0 Å². The largest absolute Gasteiger partial charge is 0.456 e. The highest BCUT2D eigenvalue weighted by molar-refractivity contribution is 5.83. The van der Waals surface area contributed by atoms with Gasteiger partial charge in [-0.1, -0.05) is 30.3 Å². The maximum atomic E-state index is 14.6. The van der Waals surface area contributed by atoms with E-state index in [4.69, 9.17) is 9.47 Å². The molecule has 0 saturated carbocycles. The average molecular weight is 435 g/mol. The number of piperidine rings is 1. The number of carbonyl (C=O) groups excluding carboxylic acids is 2. The first kappa shape index (κ1) is 23.9. The lowest BCUT2D eigenvalue weighted by molar-refractivity contribution is -0.279. The number of nitrogens with zero attached hydrogens (tertiary/aromatic N) is 1. The van der Waals surface area contributed by atoms with Crippen LogP contribution in [0, 0.1) is 0 Å². The van der Waals surface area contributed by atoms with E-state index in [0.29, 0.717) is 0 Å². The van der Waals surface area contributed by atoms with Gasteiger partial charge in [0.25, 0.3) is 5.60 Å². The van der Waals surface area contributed by atoms with E-state index >= 15 is 0 Å². The summed E-state index contributed by atoms with van der Waals surface area (Å²) in [6.45, 7) is 4.45. The molecule has 0 aliphatic carbocycles. The van der Waals surface area contributed by atoms with E-state index < -0.39 is 53.8 Å².